The normalized spacial score (nSPS) is 21.2. The van der Waals surface area contributed by atoms with E-state index in [9.17, 15) is 9.18 Å². The SMILES string of the molecule is CC(C)c1noc(N2CCC(COc3ccc(C4=CCC(C(=O)N5CCCC5)CC4)cc3F)CC2)n1. The van der Waals surface area contributed by atoms with Gasteiger partial charge in [0.2, 0.25) is 5.91 Å². The van der Waals surface area contributed by atoms with E-state index in [1.54, 1.807) is 12.1 Å². The second-order valence-corrected chi connectivity index (χ2v) is 10.7. The van der Waals surface area contributed by atoms with Crippen LogP contribution in [-0.4, -0.2) is 53.7 Å². The molecule has 7 nitrogen and oxygen atoms in total. The van der Waals surface area contributed by atoms with Gasteiger partial charge in [-0.2, -0.15) is 4.98 Å². The van der Waals surface area contributed by atoms with Gasteiger partial charge in [0.1, 0.15) is 0 Å². The minimum Gasteiger partial charge on any atom is -0.490 e. The predicted octanol–water partition coefficient (Wildman–Crippen LogP) is 5.43. The number of nitrogens with zero attached hydrogens (tertiary/aromatic N) is 4. The summed E-state index contributed by atoms with van der Waals surface area (Å²) in [6.07, 6.45) is 8.61. The predicted molar refractivity (Wildman–Crippen MR) is 136 cm³/mol. The van der Waals surface area contributed by atoms with Crippen molar-refractivity contribution in [2.24, 2.45) is 11.8 Å². The van der Waals surface area contributed by atoms with E-state index >= 15 is 0 Å². The van der Waals surface area contributed by atoms with Gasteiger partial charge >= 0.3 is 6.01 Å². The number of benzene rings is 1. The zero-order valence-corrected chi connectivity index (χ0v) is 21.4. The highest BCUT2D eigenvalue weighted by molar-refractivity contribution is 5.81. The Kier molecular flexibility index (Phi) is 7.58. The molecule has 1 aromatic heterocycles. The van der Waals surface area contributed by atoms with Crippen LogP contribution in [0.25, 0.3) is 5.57 Å². The number of rotatable bonds is 7. The number of allylic oxidation sites excluding steroid dienone is 2. The number of halogens is 1. The lowest BCUT2D eigenvalue weighted by molar-refractivity contribution is -0.134. The molecule has 3 aliphatic rings. The maximum atomic E-state index is 14.9. The van der Waals surface area contributed by atoms with Gasteiger partial charge < -0.3 is 19.1 Å². The van der Waals surface area contributed by atoms with Crippen molar-refractivity contribution in [3.63, 3.8) is 0 Å². The van der Waals surface area contributed by atoms with Crippen LogP contribution in [0.5, 0.6) is 5.75 Å². The van der Waals surface area contributed by atoms with Crippen LogP contribution in [0.15, 0.2) is 28.8 Å². The first-order valence-corrected chi connectivity index (χ1v) is 13.5. The Morgan fingerprint density at radius 2 is 1.94 bits per heavy atom. The van der Waals surface area contributed by atoms with E-state index < -0.39 is 0 Å². The van der Waals surface area contributed by atoms with Crippen molar-refractivity contribution < 1.29 is 18.4 Å². The highest BCUT2D eigenvalue weighted by Gasteiger charge is 2.28. The standard InChI is InChI=1S/C28H37FN4O3/c1-19(2)26-30-28(36-31-26)33-15-11-20(12-16-33)18-35-25-10-9-23(17-24(25)29)21-5-7-22(8-6-21)27(34)32-13-3-4-14-32/h5,9-10,17,19-20,22H,3-4,6-8,11-16,18H2,1-2H3. The Morgan fingerprint density at radius 1 is 1.17 bits per heavy atom. The number of likely N-dealkylation sites (tertiary alicyclic amines) is 1. The molecule has 8 heteroatoms. The molecule has 1 amide bonds. The van der Waals surface area contributed by atoms with Crippen LogP contribution in [0.2, 0.25) is 0 Å². The van der Waals surface area contributed by atoms with Crippen LogP contribution in [0.4, 0.5) is 10.4 Å². The van der Waals surface area contributed by atoms with Gasteiger partial charge in [0.05, 0.1) is 6.61 Å². The zero-order chi connectivity index (χ0) is 25.1. The van der Waals surface area contributed by atoms with Gasteiger partial charge in [-0.3, -0.25) is 4.79 Å². The van der Waals surface area contributed by atoms with Crippen LogP contribution < -0.4 is 9.64 Å². The average molecular weight is 497 g/mol. The van der Waals surface area contributed by atoms with E-state index in [1.807, 2.05) is 24.8 Å². The lowest BCUT2D eigenvalue weighted by atomic mass is 9.86. The molecule has 2 aliphatic heterocycles. The summed E-state index contributed by atoms with van der Waals surface area (Å²) in [5.74, 6) is 1.67. The number of carbonyl (C=O) groups excluding carboxylic acids is 1. The van der Waals surface area contributed by atoms with E-state index in [0.717, 1.165) is 88.1 Å². The first-order valence-electron chi connectivity index (χ1n) is 13.5. The lowest BCUT2D eigenvalue weighted by Gasteiger charge is -2.30. The molecule has 0 N–H and O–H groups in total. The monoisotopic (exact) mass is 496 g/mol. The van der Waals surface area contributed by atoms with Crippen LogP contribution in [-0.2, 0) is 4.79 Å². The van der Waals surface area contributed by atoms with Crippen molar-refractivity contribution in [2.75, 3.05) is 37.7 Å². The van der Waals surface area contributed by atoms with E-state index in [2.05, 4.69) is 21.1 Å². The molecule has 1 unspecified atom stereocenters. The molecule has 0 spiro atoms. The number of aromatic nitrogens is 2. The second kappa shape index (κ2) is 11.0. The van der Waals surface area contributed by atoms with E-state index in [4.69, 9.17) is 9.26 Å². The topological polar surface area (TPSA) is 71.7 Å². The van der Waals surface area contributed by atoms with Gasteiger partial charge in [-0.15, -0.1) is 0 Å². The van der Waals surface area contributed by atoms with Crippen molar-refractivity contribution in [3.05, 3.63) is 41.5 Å². The maximum Gasteiger partial charge on any atom is 0.324 e. The quantitative estimate of drug-likeness (QED) is 0.509. The number of amides is 1. The minimum absolute atomic E-state index is 0.0720. The Bertz CT molecular complexity index is 1080. The molecular formula is C28H37FN4O3. The molecule has 0 bridgehead atoms. The van der Waals surface area contributed by atoms with E-state index in [-0.39, 0.29) is 17.7 Å². The Hall–Kier alpha value is -2.90. The van der Waals surface area contributed by atoms with Crippen LogP contribution in [0.3, 0.4) is 0 Å². The molecular weight excluding hydrogens is 459 g/mol. The molecule has 5 rings (SSSR count). The summed E-state index contributed by atoms with van der Waals surface area (Å²) in [6.45, 7) is 8.03. The highest BCUT2D eigenvalue weighted by atomic mass is 19.1. The molecule has 2 saturated heterocycles. The van der Waals surface area contributed by atoms with Gasteiger partial charge in [-0.1, -0.05) is 31.1 Å². The summed E-state index contributed by atoms with van der Waals surface area (Å²) in [4.78, 5) is 21.3. The average Bonchev–Trinajstić information content (AvgIpc) is 3.61. The Balaban J connectivity index is 1.10. The summed E-state index contributed by atoms with van der Waals surface area (Å²) in [7, 11) is 0. The van der Waals surface area contributed by atoms with Crippen LogP contribution in [0.1, 0.15) is 76.1 Å². The third-order valence-corrected chi connectivity index (χ3v) is 7.79. The van der Waals surface area contributed by atoms with Gasteiger partial charge in [-0.05, 0) is 74.1 Å². The minimum atomic E-state index is -0.326. The molecule has 0 saturated carbocycles. The summed E-state index contributed by atoms with van der Waals surface area (Å²) in [6, 6.07) is 5.85. The van der Waals surface area contributed by atoms with Gasteiger partial charge in [-0.25, -0.2) is 4.39 Å². The number of hydrogen-bond acceptors (Lipinski definition) is 6. The molecule has 0 radical (unpaired) electrons. The molecule has 2 fully saturated rings. The summed E-state index contributed by atoms with van der Waals surface area (Å²) >= 11 is 0. The van der Waals surface area contributed by atoms with Gasteiger partial charge in [0.15, 0.2) is 17.4 Å². The molecule has 1 aromatic carbocycles. The van der Waals surface area contributed by atoms with E-state index in [0.29, 0.717) is 30.2 Å². The first kappa shape index (κ1) is 24.8. The third kappa shape index (κ3) is 5.57. The van der Waals surface area contributed by atoms with Crippen LogP contribution >= 0.6 is 0 Å². The number of anilines is 1. The zero-order valence-electron chi connectivity index (χ0n) is 21.4. The summed E-state index contributed by atoms with van der Waals surface area (Å²) in [5, 5.41) is 4.05. The summed E-state index contributed by atoms with van der Waals surface area (Å²) in [5.41, 5.74) is 2.01. The molecule has 1 atom stereocenters. The fourth-order valence-electron chi connectivity index (χ4n) is 5.42. The van der Waals surface area contributed by atoms with Gasteiger partial charge in [0, 0.05) is 38.0 Å². The Morgan fingerprint density at radius 3 is 2.58 bits per heavy atom. The fraction of sp³-hybridized carbons (Fsp3) is 0.607. The lowest BCUT2D eigenvalue weighted by Crippen LogP contribution is -2.35. The second-order valence-electron chi connectivity index (χ2n) is 10.7. The molecule has 36 heavy (non-hydrogen) atoms. The maximum absolute atomic E-state index is 14.9. The number of carbonyl (C=O) groups is 1. The summed E-state index contributed by atoms with van der Waals surface area (Å²) < 4.78 is 26.2. The number of ether oxygens (including phenoxy) is 1. The van der Waals surface area contributed by atoms with Crippen molar-refractivity contribution in [1.29, 1.82) is 0 Å². The Labute approximate surface area is 212 Å². The van der Waals surface area contributed by atoms with Gasteiger partial charge in [0.25, 0.3) is 0 Å². The van der Waals surface area contributed by atoms with Crippen molar-refractivity contribution in [3.8, 4) is 5.75 Å². The number of hydrogen-bond donors (Lipinski definition) is 0. The molecule has 1 aliphatic carbocycles. The molecule has 194 valence electrons. The smallest absolute Gasteiger partial charge is 0.324 e. The fourth-order valence-corrected chi connectivity index (χ4v) is 5.42. The van der Waals surface area contributed by atoms with E-state index in [1.165, 1.54) is 0 Å². The molecule has 2 aromatic rings. The molecule has 3 heterocycles. The largest absolute Gasteiger partial charge is 0.490 e. The van der Waals surface area contributed by atoms with Crippen molar-refractivity contribution in [2.45, 2.75) is 64.7 Å². The third-order valence-electron chi connectivity index (χ3n) is 7.79. The van der Waals surface area contributed by atoms with Crippen LogP contribution in [0, 0.1) is 17.7 Å². The van der Waals surface area contributed by atoms with Crippen molar-refractivity contribution >= 4 is 17.5 Å². The first-order chi connectivity index (χ1) is 17.5. The number of piperidine rings is 1. The highest BCUT2D eigenvalue weighted by Crippen LogP contribution is 2.34. The van der Waals surface area contributed by atoms with Crippen molar-refractivity contribution in [1.82, 2.24) is 15.0 Å².